The summed E-state index contributed by atoms with van der Waals surface area (Å²) in [5.41, 5.74) is 6.52. The first-order valence-corrected chi connectivity index (χ1v) is 7.32. The molecule has 0 saturated heterocycles. The van der Waals surface area contributed by atoms with E-state index in [0.717, 1.165) is 17.2 Å². The van der Waals surface area contributed by atoms with Gasteiger partial charge in [-0.2, -0.15) is 13.2 Å². The van der Waals surface area contributed by atoms with Crippen LogP contribution in [0.5, 0.6) is 0 Å². The zero-order valence-electron chi connectivity index (χ0n) is 12.7. The summed E-state index contributed by atoms with van der Waals surface area (Å²) < 4.78 is 41.1. The molecular weight excluding hydrogens is 317 g/mol. The number of aryl methyl sites for hydroxylation is 2. The van der Waals surface area contributed by atoms with Gasteiger partial charge in [-0.25, -0.2) is 9.97 Å². The Hall–Kier alpha value is -2.83. The third-order valence-electron chi connectivity index (χ3n) is 3.75. The Kier molecular flexibility index (Phi) is 4.24. The smallest absolute Gasteiger partial charge is 0.383 e. The van der Waals surface area contributed by atoms with E-state index in [0.29, 0.717) is 18.5 Å². The number of nitrogen functional groups attached to an aromatic ring is 1. The second-order valence-electron chi connectivity index (χ2n) is 5.36. The van der Waals surface area contributed by atoms with Crippen LogP contribution in [0.15, 0.2) is 55.2 Å². The van der Waals surface area contributed by atoms with Gasteiger partial charge in [-0.1, -0.05) is 24.3 Å². The van der Waals surface area contributed by atoms with Crippen molar-refractivity contribution in [3.63, 3.8) is 0 Å². The van der Waals surface area contributed by atoms with Crippen molar-refractivity contribution in [1.29, 1.82) is 0 Å². The largest absolute Gasteiger partial charge is 0.419 e. The number of benzene rings is 1. The summed E-state index contributed by atoms with van der Waals surface area (Å²) in [4.78, 5) is 7.69. The van der Waals surface area contributed by atoms with Crippen molar-refractivity contribution in [2.45, 2.75) is 19.1 Å². The van der Waals surface area contributed by atoms with Crippen molar-refractivity contribution >= 4 is 5.82 Å². The number of aromatic nitrogens is 3. The molecule has 24 heavy (non-hydrogen) atoms. The molecule has 0 radical (unpaired) electrons. The molecule has 2 aromatic heterocycles. The Morgan fingerprint density at radius 3 is 2.67 bits per heavy atom. The van der Waals surface area contributed by atoms with Crippen molar-refractivity contribution in [3.8, 4) is 11.1 Å². The Morgan fingerprint density at radius 1 is 1.17 bits per heavy atom. The molecule has 2 N–H and O–H groups in total. The molecule has 0 aliphatic heterocycles. The highest BCUT2D eigenvalue weighted by atomic mass is 19.4. The third-order valence-corrected chi connectivity index (χ3v) is 3.75. The van der Waals surface area contributed by atoms with E-state index in [1.54, 1.807) is 24.7 Å². The maximum atomic E-state index is 13.0. The lowest BCUT2D eigenvalue weighted by molar-refractivity contribution is -0.137. The third kappa shape index (κ3) is 3.40. The molecule has 3 rings (SSSR count). The molecule has 2 heterocycles. The number of nitrogens with two attached hydrogens (primary N) is 1. The van der Waals surface area contributed by atoms with E-state index in [2.05, 4.69) is 9.97 Å². The quantitative estimate of drug-likeness (QED) is 0.791. The van der Waals surface area contributed by atoms with E-state index in [1.165, 1.54) is 6.20 Å². The Labute approximate surface area is 136 Å². The van der Waals surface area contributed by atoms with Gasteiger partial charge in [0, 0.05) is 30.7 Å². The fourth-order valence-corrected chi connectivity index (χ4v) is 2.54. The maximum absolute atomic E-state index is 13.0. The number of halogens is 3. The fourth-order valence-electron chi connectivity index (χ4n) is 2.54. The number of hydrogen-bond donors (Lipinski definition) is 1. The zero-order valence-corrected chi connectivity index (χ0v) is 12.7. The van der Waals surface area contributed by atoms with Crippen LogP contribution in [-0.2, 0) is 19.1 Å². The monoisotopic (exact) mass is 332 g/mol. The van der Waals surface area contributed by atoms with Crippen molar-refractivity contribution < 1.29 is 13.2 Å². The number of hydrogen-bond acceptors (Lipinski definition) is 3. The topological polar surface area (TPSA) is 56.7 Å². The van der Waals surface area contributed by atoms with Crippen LogP contribution in [0, 0.1) is 0 Å². The van der Waals surface area contributed by atoms with Crippen LogP contribution >= 0.6 is 0 Å². The molecule has 0 amide bonds. The van der Waals surface area contributed by atoms with Gasteiger partial charge in [0.25, 0.3) is 0 Å². The summed E-state index contributed by atoms with van der Waals surface area (Å²) in [6, 6.07) is 8.40. The average molecular weight is 332 g/mol. The van der Waals surface area contributed by atoms with Gasteiger partial charge in [0.15, 0.2) is 0 Å². The predicted octanol–water partition coefficient (Wildman–Crippen LogP) is 3.79. The zero-order chi connectivity index (χ0) is 17.2. The standard InChI is InChI=1S/C17H15F3N4/c18-17(19,20)15-9-13(10-23-16(15)21)14-4-2-1-3-12(14)5-7-24-8-6-22-11-24/h1-4,6,8-11H,5,7H2,(H2,21,23). The van der Waals surface area contributed by atoms with Crippen LogP contribution < -0.4 is 5.73 Å². The van der Waals surface area contributed by atoms with Crippen LogP contribution in [0.25, 0.3) is 11.1 Å². The van der Waals surface area contributed by atoms with Gasteiger partial charge in [-0.3, -0.25) is 0 Å². The van der Waals surface area contributed by atoms with Crippen molar-refractivity contribution in [2.75, 3.05) is 5.73 Å². The van der Waals surface area contributed by atoms with Crippen LogP contribution in [0.1, 0.15) is 11.1 Å². The summed E-state index contributed by atoms with van der Waals surface area (Å²) in [7, 11) is 0. The van der Waals surface area contributed by atoms with E-state index in [4.69, 9.17) is 5.73 Å². The molecule has 0 atom stereocenters. The number of anilines is 1. The molecule has 7 heteroatoms. The Morgan fingerprint density at radius 2 is 1.96 bits per heavy atom. The Balaban J connectivity index is 1.95. The van der Waals surface area contributed by atoms with Gasteiger partial charge in [-0.15, -0.1) is 0 Å². The summed E-state index contributed by atoms with van der Waals surface area (Å²) in [5, 5.41) is 0. The lowest BCUT2D eigenvalue weighted by atomic mass is 9.97. The number of alkyl halides is 3. The summed E-state index contributed by atoms with van der Waals surface area (Å²) in [6.07, 6.45) is 2.74. The molecule has 0 fully saturated rings. The van der Waals surface area contributed by atoms with E-state index in [1.807, 2.05) is 22.9 Å². The first kappa shape index (κ1) is 16.0. The maximum Gasteiger partial charge on any atom is 0.419 e. The summed E-state index contributed by atoms with van der Waals surface area (Å²) in [5.74, 6) is -0.512. The second-order valence-corrected chi connectivity index (χ2v) is 5.36. The number of nitrogens with zero attached hydrogens (tertiary/aromatic N) is 3. The number of pyridine rings is 1. The normalized spacial score (nSPS) is 11.6. The van der Waals surface area contributed by atoms with E-state index in [-0.39, 0.29) is 0 Å². The molecule has 0 unspecified atom stereocenters. The minimum absolute atomic E-state index is 0.401. The molecule has 4 nitrogen and oxygen atoms in total. The minimum Gasteiger partial charge on any atom is -0.383 e. The second kappa shape index (κ2) is 6.35. The first-order chi connectivity index (χ1) is 11.4. The lowest BCUT2D eigenvalue weighted by Crippen LogP contribution is -2.10. The molecule has 1 aromatic carbocycles. The van der Waals surface area contributed by atoms with Crippen LogP contribution in [0.3, 0.4) is 0 Å². The van der Waals surface area contributed by atoms with Crippen LogP contribution in [0.4, 0.5) is 19.0 Å². The van der Waals surface area contributed by atoms with E-state index < -0.39 is 17.6 Å². The molecule has 0 aliphatic carbocycles. The number of imidazole rings is 1. The van der Waals surface area contributed by atoms with Gasteiger partial charge in [0.1, 0.15) is 5.82 Å². The van der Waals surface area contributed by atoms with Gasteiger partial charge < -0.3 is 10.3 Å². The average Bonchev–Trinajstić information content (AvgIpc) is 3.06. The van der Waals surface area contributed by atoms with Gasteiger partial charge in [0.05, 0.1) is 11.9 Å². The van der Waals surface area contributed by atoms with Crippen LogP contribution in [-0.4, -0.2) is 14.5 Å². The molecule has 0 aliphatic rings. The molecule has 3 aromatic rings. The fraction of sp³-hybridized carbons (Fsp3) is 0.176. The molecular formula is C17H15F3N4. The van der Waals surface area contributed by atoms with Gasteiger partial charge in [0.2, 0.25) is 0 Å². The minimum atomic E-state index is -4.53. The lowest BCUT2D eigenvalue weighted by Gasteiger charge is -2.14. The highest BCUT2D eigenvalue weighted by Crippen LogP contribution is 2.35. The molecule has 0 spiro atoms. The van der Waals surface area contributed by atoms with E-state index in [9.17, 15) is 13.2 Å². The molecule has 0 bridgehead atoms. The van der Waals surface area contributed by atoms with E-state index >= 15 is 0 Å². The van der Waals surface area contributed by atoms with Crippen molar-refractivity contribution in [2.24, 2.45) is 0 Å². The molecule has 124 valence electrons. The summed E-state index contributed by atoms with van der Waals surface area (Å²) in [6.45, 7) is 0.686. The van der Waals surface area contributed by atoms with Crippen molar-refractivity contribution in [3.05, 3.63) is 66.4 Å². The predicted molar refractivity (Wildman–Crippen MR) is 85.0 cm³/mol. The number of rotatable bonds is 4. The SMILES string of the molecule is Nc1ncc(-c2ccccc2CCn2ccnc2)cc1C(F)(F)F. The molecule has 0 saturated carbocycles. The van der Waals surface area contributed by atoms with Crippen molar-refractivity contribution in [1.82, 2.24) is 14.5 Å². The van der Waals surface area contributed by atoms with Crippen LogP contribution in [0.2, 0.25) is 0 Å². The highest BCUT2D eigenvalue weighted by molar-refractivity contribution is 5.69. The highest BCUT2D eigenvalue weighted by Gasteiger charge is 2.34. The Bertz CT molecular complexity index is 826. The summed E-state index contributed by atoms with van der Waals surface area (Å²) >= 11 is 0. The van der Waals surface area contributed by atoms with Gasteiger partial charge >= 0.3 is 6.18 Å². The van der Waals surface area contributed by atoms with Gasteiger partial charge in [-0.05, 0) is 23.6 Å². The first-order valence-electron chi connectivity index (χ1n) is 7.32.